The molecule has 2 atom stereocenters. The summed E-state index contributed by atoms with van der Waals surface area (Å²) in [5.74, 6) is 0.858. The van der Waals surface area contributed by atoms with E-state index < -0.39 is 0 Å². The molecule has 3 nitrogen and oxygen atoms in total. The van der Waals surface area contributed by atoms with Gasteiger partial charge in [-0.1, -0.05) is 31.9 Å². The van der Waals surface area contributed by atoms with Gasteiger partial charge >= 0.3 is 0 Å². The molecule has 0 aromatic heterocycles. The van der Waals surface area contributed by atoms with Crippen LogP contribution in [0.4, 0.5) is 0 Å². The number of benzene rings is 1. The Balaban J connectivity index is 1.90. The number of rotatable bonds is 4. The Hall–Kier alpha value is -1.35. The zero-order chi connectivity index (χ0) is 14.4. The van der Waals surface area contributed by atoms with Gasteiger partial charge in [-0.25, -0.2) is 0 Å². The van der Waals surface area contributed by atoms with E-state index in [0.717, 1.165) is 30.7 Å². The van der Waals surface area contributed by atoms with Crippen LogP contribution in [0.2, 0.25) is 0 Å². The van der Waals surface area contributed by atoms with Crippen LogP contribution in [0.1, 0.15) is 54.9 Å². The number of amides is 1. The highest BCUT2D eigenvalue weighted by molar-refractivity contribution is 5.94. The Morgan fingerprint density at radius 1 is 1.20 bits per heavy atom. The van der Waals surface area contributed by atoms with Crippen molar-refractivity contribution >= 4 is 5.91 Å². The van der Waals surface area contributed by atoms with Crippen LogP contribution in [0.5, 0.6) is 0 Å². The van der Waals surface area contributed by atoms with Crippen LogP contribution in [0.3, 0.4) is 0 Å². The second-order valence-electron chi connectivity index (χ2n) is 6.02. The molecular weight excluding hydrogens is 248 g/mol. The maximum absolute atomic E-state index is 12.2. The summed E-state index contributed by atoms with van der Waals surface area (Å²) in [4.78, 5) is 12.2. The Labute approximate surface area is 121 Å². The molecule has 1 aliphatic rings. The maximum Gasteiger partial charge on any atom is 0.251 e. The molecule has 0 bridgehead atoms. The number of carbonyl (C=O) groups is 1. The van der Waals surface area contributed by atoms with E-state index in [1.807, 2.05) is 24.3 Å². The number of hydrogen-bond acceptors (Lipinski definition) is 2. The minimum Gasteiger partial charge on any atom is -0.349 e. The Morgan fingerprint density at radius 2 is 1.95 bits per heavy atom. The van der Waals surface area contributed by atoms with Gasteiger partial charge in [0.1, 0.15) is 0 Å². The molecule has 0 heterocycles. The highest BCUT2D eigenvalue weighted by Crippen LogP contribution is 2.22. The molecule has 3 N–H and O–H groups in total. The minimum atomic E-state index is 0.0591. The van der Waals surface area contributed by atoms with E-state index >= 15 is 0 Å². The lowest BCUT2D eigenvalue weighted by molar-refractivity contribution is 0.0933. The summed E-state index contributed by atoms with van der Waals surface area (Å²) < 4.78 is 0. The van der Waals surface area contributed by atoms with Gasteiger partial charge in [-0.2, -0.15) is 0 Å². The molecule has 1 aromatic carbocycles. The van der Waals surface area contributed by atoms with Gasteiger partial charge in [0.15, 0.2) is 0 Å². The van der Waals surface area contributed by atoms with E-state index in [-0.39, 0.29) is 5.91 Å². The third-order valence-corrected chi connectivity index (χ3v) is 4.24. The van der Waals surface area contributed by atoms with Crippen molar-refractivity contribution in [3.8, 4) is 0 Å². The standard InChI is InChI=1S/C17H26N2O/c1-13-3-2-4-16(10-5-13)19-17(20)15-8-6-14(7-9-15)11-12-18/h6-9,13,16H,2-5,10-12,18H2,1H3,(H,19,20). The van der Waals surface area contributed by atoms with Crippen molar-refractivity contribution in [2.75, 3.05) is 6.54 Å². The van der Waals surface area contributed by atoms with Crippen LogP contribution in [0, 0.1) is 5.92 Å². The number of nitrogens with one attached hydrogen (secondary N) is 1. The predicted octanol–water partition coefficient (Wildman–Crippen LogP) is 2.89. The minimum absolute atomic E-state index is 0.0591. The summed E-state index contributed by atoms with van der Waals surface area (Å²) >= 11 is 0. The van der Waals surface area contributed by atoms with E-state index in [1.54, 1.807) is 0 Å². The average Bonchev–Trinajstić information content (AvgIpc) is 2.65. The van der Waals surface area contributed by atoms with Crippen LogP contribution < -0.4 is 11.1 Å². The summed E-state index contributed by atoms with van der Waals surface area (Å²) in [5, 5.41) is 3.18. The van der Waals surface area contributed by atoms with E-state index in [4.69, 9.17) is 5.73 Å². The Bertz CT molecular complexity index is 427. The smallest absolute Gasteiger partial charge is 0.251 e. The fourth-order valence-corrected chi connectivity index (χ4v) is 2.89. The molecule has 1 aromatic rings. The van der Waals surface area contributed by atoms with E-state index in [0.29, 0.717) is 12.6 Å². The van der Waals surface area contributed by atoms with Crippen LogP contribution in [0.15, 0.2) is 24.3 Å². The molecule has 2 rings (SSSR count). The first-order chi connectivity index (χ1) is 9.69. The third-order valence-electron chi connectivity index (χ3n) is 4.24. The van der Waals surface area contributed by atoms with Crippen molar-refractivity contribution < 1.29 is 4.79 Å². The highest BCUT2D eigenvalue weighted by Gasteiger charge is 2.18. The van der Waals surface area contributed by atoms with Gasteiger partial charge in [0, 0.05) is 11.6 Å². The fraction of sp³-hybridized carbons (Fsp3) is 0.588. The number of hydrogen-bond donors (Lipinski definition) is 2. The SMILES string of the molecule is CC1CCCC(NC(=O)c2ccc(CCN)cc2)CC1. The molecular formula is C17H26N2O. The summed E-state index contributed by atoms with van der Waals surface area (Å²) in [6, 6.07) is 8.14. The highest BCUT2D eigenvalue weighted by atomic mass is 16.1. The van der Waals surface area contributed by atoms with Gasteiger partial charge < -0.3 is 11.1 Å². The second kappa shape index (κ2) is 7.44. The second-order valence-corrected chi connectivity index (χ2v) is 6.02. The van der Waals surface area contributed by atoms with Gasteiger partial charge in [0.25, 0.3) is 5.91 Å². The summed E-state index contributed by atoms with van der Waals surface area (Å²) in [6.07, 6.45) is 6.82. The maximum atomic E-state index is 12.2. The molecule has 3 heteroatoms. The monoisotopic (exact) mass is 274 g/mol. The molecule has 1 amide bonds. The van der Waals surface area contributed by atoms with Crippen LogP contribution >= 0.6 is 0 Å². The Morgan fingerprint density at radius 3 is 2.65 bits per heavy atom. The van der Waals surface area contributed by atoms with E-state index in [1.165, 1.54) is 24.8 Å². The van der Waals surface area contributed by atoms with Crippen LogP contribution in [-0.2, 0) is 6.42 Å². The molecule has 0 saturated heterocycles. The first-order valence-electron chi connectivity index (χ1n) is 7.79. The van der Waals surface area contributed by atoms with Crippen molar-refractivity contribution in [2.45, 2.75) is 51.5 Å². The fourth-order valence-electron chi connectivity index (χ4n) is 2.89. The largest absolute Gasteiger partial charge is 0.349 e. The van der Waals surface area contributed by atoms with Gasteiger partial charge in [-0.05, 0) is 55.8 Å². The molecule has 110 valence electrons. The van der Waals surface area contributed by atoms with E-state index in [2.05, 4.69) is 12.2 Å². The van der Waals surface area contributed by atoms with E-state index in [9.17, 15) is 4.79 Å². The normalized spacial score (nSPS) is 23.1. The van der Waals surface area contributed by atoms with Crippen molar-refractivity contribution in [1.82, 2.24) is 5.32 Å². The third kappa shape index (κ3) is 4.34. The number of nitrogens with two attached hydrogens (primary N) is 1. The van der Waals surface area contributed by atoms with Crippen LogP contribution in [-0.4, -0.2) is 18.5 Å². The average molecular weight is 274 g/mol. The van der Waals surface area contributed by atoms with Gasteiger partial charge in [-0.15, -0.1) is 0 Å². The van der Waals surface area contributed by atoms with Crippen molar-refractivity contribution in [1.29, 1.82) is 0 Å². The molecule has 1 saturated carbocycles. The topological polar surface area (TPSA) is 55.1 Å². The zero-order valence-electron chi connectivity index (χ0n) is 12.4. The summed E-state index contributed by atoms with van der Waals surface area (Å²) in [7, 11) is 0. The predicted molar refractivity (Wildman–Crippen MR) is 82.7 cm³/mol. The molecule has 0 aliphatic heterocycles. The molecule has 0 radical (unpaired) electrons. The van der Waals surface area contributed by atoms with Crippen LogP contribution in [0.25, 0.3) is 0 Å². The van der Waals surface area contributed by atoms with Crippen molar-refractivity contribution in [3.63, 3.8) is 0 Å². The zero-order valence-corrected chi connectivity index (χ0v) is 12.4. The lowest BCUT2D eigenvalue weighted by Gasteiger charge is -2.16. The molecule has 1 aliphatic carbocycles. The molecule has 20 heavy (non-hydrogen) atoms. The lowest BCUT2D eigenvalue weighted by atomic mass is 10.0. The molecule has 1 fully saturated rings. The summed E-state index contributed by atoms with van der Waals surface area (Å²) in [6.45, 7) is 2.95. The lowest BCUT2D eigenvalue weighted by Crippen LogP contribution is -2.34. The molecule has 0 spiro atoms. The first kappa shape index (κ1) is 15.0. The van der Waals surface area contributed by atoms with Gasteiger partial charge in [0.2, 0.25) is 0 Å². The molecule has 2 unspecified atom stereocenters. The van der Waals surface area contributed by atoms with Crippen molar-refractivity contribution in [3.05, 3.63) is 35.4 Å². The van der Waals surface area contributed by atoms with Crippen molar-refractivity contribution in [2.24, 2.45) is 11.7 Å². The van der Waals surface area contributed by atoms with Gasteiger partial charge in [0.05, 0.1) is 0 Å². The summed E-state index contributed by atoms with van der Waals surface area (Å²) in [5.41, 5.74) is 7.47. The Kier molecular flexibility index (Phi) is 5.60. The van der Waals surface area contributed by atoms with Gasteiger partial charge in [-0.3, -0.25) is 4.79 Å². The first-order valence-corrected chi connectivity index (χ1v) is 7.79. The quantitative estimate of drug-likeness (QED) is 0.829. The number of carbonyl (C=O) groups excluding carboxylic acids is 1.